The molecule has 0 bridgehead atoms. The first-order valence-electron chi connectivity index (χ1n) is 10.7. The van der Waals surface area contributed by atoms with Crippen molar-refractivity contribution >= 4 is 47.3 Å². The summed E-state index contributed by atoms with van der Waals surface area (Å²) in [5, 5.41) is 16.6. The van der Waals surface area contributed by atoms with Gasteiger partial charge in [-0.05, 0) is 37.2 Å². The fourth-order valence-electron chi connectivity index (χ4n) is 2.72. The maximum atomic E-state index is 12.9. The molecule has 5 amide bonds. The minimum atomic E-state index is -1.39. The Hall–Kier alpha value is -2.87. The van der Waals surface area contributed by atoms with Crippen LogP contribution in [0.2, 0.25) is 0 Å². The summed E-state index contributed by atoms with van der Waals surface area (Å²) in [7, 11) is 0. The highest BCUT2D eigenvalue weighted by atomic mass is 32.2. The summed E-state index contributed by atoms with van der Waals surface area (Å²) in [6.07, 6.45) is 1.15. The average molecular weight is 505 g/mol. The summed E-state index contributed by atoms with van der Waals surface area (Å²) in [6.45, 7) is 3.45. The van der Waals surface area contributed by atoms with E-state index >= 15 is 0 Å². The highest BCUT2D eigenvalue weighted by Gasteiger charge is 2.30. The number of carbonyl (C=O) groups excluding carboxylic acids is 5. The Bertz CT molecular complexity index is 749. The van der Waals surface area contributed by atoms with Crippen LogP contribution in [0.1, 0.15) is 46.0 Å². The standard InChI is InChI=1S/C20H36N6O7S/c1-10(2)16(23)19(31)25-11(4-6-14(21)27)17(29)24-12(8-9-34-3)18(30)26-13(20(32)33)5-7-15(22)28/h10-13,16H,4-9,23H2,1-3H3,(H2,21,27)(H2,22,28)(H,24,29)(H,25,31)(H,26,30)(H,32,33). The smallest absolute Gasteiger partial charge is 0.326 e. The fraction of sp³-hybridized carbons (Fsp3) is 0.700. The Labute approximate surface area is 202 Å². The summed E-state index contributed by atoms with van der Waals surface area (Å²) in [5.74, 6) is -4.67. The van der Waals surface area contributed by atoms with Crippen LogP contribution in [0.3, 0.4) is 0 Å². The van der Waals surface area contributed by atoms with Gasteiger partial charge in [0.25, 0.3) is 0 Å². The second-order valence-electron chi connectivity index (χ2n) is 8.08. The second-order valence-corrected chi connectivity index (χ2v) is 9.07. The van der Waals surface area contributed by atoms with Crippen molar-refractivity contribution < 1.29 is 33.9 Å². The van der Waals surface area contributed by atoms with Crippen LogP contribution in [-0.2, 0) is 28.8 Å². The fourth-order valence-corrected chi connectivity index (χ4v) is 3.19. The summed E-state index contributed by atoms with van der Waals surface area (Å²) in [4.78, 5) is 71.7. The van der Waals surface area contributed by atoms with E-state index in [1.165, 1.54) is 11.8 Å². The van der Waals surface area contributed by atoms with Crippen molar-refractivity contribution in [1.29, 1.82) is 0 Å². The zero-order valence-corrected chi connectivity index (χ0v) is 20.5. The number of carbonyl (C=O) groups is 6. The van der Waals surface area contributed by atoms with E-state index in [1.54, 1.807) is 20.1 Å². The molecule has 0 aromatic carbocycles. The zero-order valence-electron chi connectivity index (χ0n) is 19.7. The number of hydrogen-bond donors (Lipinski definition) is 7. The Morgan fingerprint density at radius 2 is 1.18 bits per heavy atom. The lowest BCUT2D eigenvalue weighted by molar-refractivity contribution is -0.142. The Morgan fingerprint density at radius 3 is 1.59 bits per heavy atom. The van der Waals surface area contributed by atoms with Gasteiger partial charge in [0.2, 0.25) is 29.5 Å². The summed E-state index contributed by atoms with van der Waals surface area (Å²) >= 11 is 1.40. The molecule has 4 atom stereocenters. The van der Waals surface area contributed by atoms with Gasteiger partial charge in [0.1, 0.15) is 18.1 Å². The Morgan fingerprint density at radius 1 is 0.765 bits per heavy atom. The molecule has 0 aliphatic heterocycles. The number of primary amides is 2. The van der Waals surface area contributed by atoms with E-state index in [0.29, 0.717) is 5.75 Å². The molecule has 0 heterocycles. The molecule has 10 N–H and O–H groups in total. The molecular formula is C20H36N6O7S. The molecule has 0 fully saturated rings. The minimum Gasteiger partial charge on any atom is -0.480 e. The maximum Gasteiger partial charge on any atom is 0.326 e. The molecule has 0 radical (unpaired) electrons. The number of carboxylic acids is 1. The van der Waals surface area contributed by atoms with Crippen LogP contribution in [0.15, 0.2) is 0 Å². The molecule has 4 unspecified atom stereocenters. The van der Waals surface area contributed by atoms with Gasteiger partial charge in [-0.25, -0.2) is 4.79 Å². The quantitative estimate of drug-likeness (QED) is 0.113. The average Bonchev–Trinajstić information content (AvgIpc) is 2.74. The molecule has 14 heteroatoms. The molecule has 0 saturated carbocycles. The monoisotopic (exact) mass is 504 g/mol. The van der Waals surface area contributed by atoms with E-state index in [4.69, 9.17) is 17.2 Å². The van der Waals surface area contributed by atoms with Crippen LogP contribution < -0.4 is 33.2 Å². The van der Waals surface area contributed by atoms with Crippen LogP contribution >= 0.6 is 11.8 Å². The first-order valence-corrected chi connectivity index (χ1v) is 12.1. The number of carboxylic acid groups (broad SMARTS) is 1. The van der Waals surface area contributed by atoms with Gasteiger partial charge in [0.05, 0.1) is 6.04 Å². The highest BCUT2D eigenvalue weighted by Crippen LogP contribution is 2.07. The van der Waals surface area contributed by atoms with E-state index < -0.39 is 59.7 Å². The molecule has 0 aliphatic carbocycles. The molecule has 0 aromatic heterocycles. The van der Waals surface area contributed by atoms with Crippen molar-refractivity contribution in [2.75, 3.05) is 12.0 Å². The lowest BCUT2D eigenvalue weighted by Crippen LogP contribution is -2.57. The van der Waals surface area contributed by atoms with E-state index in [0.717, 1.165) is 0 Å². The van der Waals surface area contributed by atoms with Gasteiger partial charge >= 0.3 is 5.97 Å². The number of rotatable bonds is 17. The van der Waals surface area contributed by atoms with Gasteiger partial charge < -0.3 is 38.3 Å². The predicted molar refractivity (Wildman–Crippen MR) is 126 cm³/mol. The number of amides is 5. The van der Waals surface area contributed by atoms with Crippen LogP contribution in [0, 0.1) is 5.92 Å². The number of hydrogen-bond acceptors (Lipinski definition) is 8. The van der Waals surface area contributed by atoms with E-state index in [-0.39, 0.29) is 38.0 Å². The lowest BCUT2D eigenvalue weighted by atomic mass is 10.0. The predicted octanol–water partition coefficient (Wildman–Crippen LogP) is -2.21. The van der Waals surface area contributed by atoms with Crippen molar-refractivity contribution in [3.8, 4) is 0 Å². The van der Waals surface area contributed by atoms with Gasteiger partial charge in [-0.2, -0.15) is 11.8 Å². The largest absolute Gasteiger partial charge is 0.480 e. The van der Waals surface area contributed by atoms with Crippen molar-refractivity contribution in [3.63, 3.8) is 0 Å². The van der Waals surface area contributed by atoms with E-state index in [2.05, 4.69) is 16.0 Å². The van der Waals surface area contributed by atoms with Crippen LogP contribution in [0.5, 0.6) is 0 Å². The summed E-state index contributed by atoms with van der Waals surface area (Å²) < 4.78 is 0. The number of nitrogens with one attached hydrogen (secondary N) is 3. The van der Waals surface area contributed by atoms with Gasteiger partial charge in [-0.3, -0.25) is 24.0 Å². The zero-order chi connectivity index (χ0) is 26.4. The normalized spacial score (nSPS) is 14.4. The van der Waals surface area contributed by atoms with Crippen molar-refractivity contribution in [3.05, 3.63) is 0 Å². The van der Waals surface area contributed by atoms with Crippen LogP contribution in [0.25, 0.3) is 0 Å². The second kappa shape index (κ2) is 15.9. The first-order chi connectivity index (χ1) is 15.8. The SMILES string of the molecule is CSCCC(NC(=O)C(CCC(N)=O)NC(=O)C(N)C(C)C)C(=O)NC(CCC(N)=O)C(=O)O. The minimum absolute atomic E-state index is 0.120. The van der Waals surface area contributed by atoms with Gasteiger partial charge in [-0.15, -0.1) is 0 Å². The molecule has 0 saturated heterocycles. The number of nitrogens with two attached hydrogens (primary N) is 3. The Kier molecular flexibility index (Phi) is 14.5. The number of aliphatic carboxylic acids is 1. The topological polar surface area (TPSA) is 237 Å². The van der Waals surface area contributed by atoms with E-state index in [9.17, 15) is 33.9 Å². The molecule has 0 rings (SSSR count). The number of thioether (sulfide) groups is 1. The molecule has 0 aliphatic rings. The van der Waals surface area contributed by atoms with Crippen LogP contribution in [-0.4, -0.2) is 76.8 Å². The van der Waals surface area contributed by atoms with E-state index in [1.807, 2.05) is 0 Å². The maximum absolute atomic E-state index is 12.9. The lowest BCUT2D eigenvalue weighted by Gasteiger charge is -2.25. The molecule has 0 spiro atoms. The third-order valence-corrected chi connectivity index (χ3v) is 5.51. The molecule has 0 aromatic rings. The third kappa shape index (κ3) is 12.4. The molecule has 194 valence electrons. The van der Waals surface area contributed by atoms with Crippen molar-refractivity contribution in [1.82, 2.24) is 16.0 Å². The summed E-state index contributed by atoms with van der Waals surface area (Å²) in [5.41, 5.74) is 16.0. The van der Waals surface area contributed by atoms with Gasteiger partial charge in [0, 0.05) is 12.8 Å². The Balaban J connectivity index is 5.53. The van der Waals surface area contributed by atoms with Gasteiger partial charge in [0.15, 0.2) is 0 Å². The summed E-state index contributed by atoms with van der Waals surface area (Å²) in [6, 6.07) is -4.62. The first kappa shape index (κ1) is 31.1. The highest BCUT2D eigenvalue weighted by molar-refractivity contribution is 7.98. The molecule has 34 heavy (non-hydrogen) atoms. The van der Waals surface area contributed by atoms with Crippen molar-refractivity contribution in [2.45, 2.75) is 70.1 Å². The third-order valence-electron chi connectivity index (χ3n) is 4.87. The molecular weight excluding hydrogens is 468 g/mol. The van der Waals surface area contributed by atoms with Crippen molar-refractivity contribution in [2.24, 2.45) is 23.1 Å². The molecule has 13 nitrogen and oxygen atoms in total. The van der Waals surface area contributed by atoms with Crippen LogP contribution in [0.4, 0.5) is 0 Å². The van der Waals surface area contributed by atoms with Gasteiger partial charge in [-0.1, -0.05) is 13.8 Å².